The molecule has 0 aliphatic heterocycles. The Balaban J connectivity index is 1.41. The lowest BCUT2D eigenvalue weighted by molar-refractivity contribution is 0.102. The van der Waals surface area contributed by atoms with Crippen molar-refractivity contribution >= 4 is 17.2 Å². The van der Waals surface area contributed by atoms with Crippen LogP contribution in [0.25, 0.3) is 22.6 Å². The number of pyridine rings is 1. The summed E-state index contributed by atoms with van der Waals surface area (Å²) in [6, 6.07) is 19.5. The van der Waals surface area contributed by atoms with E-state index in [4.69, 9.17) is 4.98 Å². The lowest BCUT2D eigenvalue weighted by Crippen LogP contribution is -2.14. The van der Waals surface area contributed by atoms with Crippen LogP contribution in [-0.4, -0.2) is 30.3 Å². The number of rotatable bonds is 4. The van der Waals surface area contributed by atoms with E-state index in [1.54, 1.807) is 0 Å². The minimum atomic E-state index is -0.312. The molecule has 1 N–H and O–H groups in total. The number of benzene rings is 2. The van der Waals surface area contributed by atoms with Crippen molar-refractivity contribution in [2.24, 2.45) is 0 Å². The number of aromatic nitrogens is 5. The van der Waals surface area contributed by atoms with Crippen LogP contribution in [0.3, 0.4) is 0 Å². The summed E-state index contributed by atoms with van der Waals surface area (Å²) in [5, 5.41) is 11.5. The van der Waals surface area contributed by atoms with Gasteiger partial charge in [-0.2, -0.15) is 9.90 Å². The van der Waals surface area contributed by atoms with Crippen molar-refractivity contribution in [3.05, 3.63) is 96.1 Å². The summed E-state index contributed by atoms with van der Waals surface area (Å²) in [5.41, 5.74) is 6.52. The minimum absolute atomic E-state index is 0.247. The van der Waals surface area contributed by atoms with Gasteiger partial charge in [0.15, 0.2) is 5.69 Å². The van der Waals surface area contributed by atoms with Gasteiger partial charge in [0.1, 0.15) is 5.65 Å². The number of nitrogens with zero attached hydrogens (tertiary/aromatic N) is 5. The average Bonchev–Trinajstić information content (AvgIpc) is 3.43. The number of para-hydroxylation sites is 1. The molecule has 7 heteroatoms. The second kappa shape index (κ2) is 7.53. The number of anilines is 1. The van der Waals surface area contributed by atoms with Gasteiger partial charge in [0, 0.05) is 23.6 Å². The van der Waals surface area contributed by atoms with Crippen LogP contribution < -0.4 is 5.32 Å². The van der Waals surface area contributed by atoms with Crippen LogP contribution in [0.5, 0.6) is 0 Å². The summed E-state index contributed by atoms with van der Waals surface area (Å²) in [6.07, 6.45) is 5.44. The molecule has 5 rings (SSSR count). The Morgan fingerprint density at radius 2 is 1.84 bits per heavy atom. The van der Waals surface area contributed by atoms with Crippen molar-refractivity contribution in [2.45, 2.75) is 13.8 Å². The number of aryl methyl sites for hydroxylation is 2. The van der Waals surface area contributed by atoms with E-state index in [1.807, 2.05) is 91.3 Å². The van der Waals surface area contributed by atoms with Gasteiger partial charge in [-0.25, -0.2) is 4.98 Å². The molecular formula is C24H20N6O. The van der Waals surface area contributed by atoms with Crippen LogP contribution in [0.2, 0.25) is 0 Å². The fourth-order valence-electron chi connectivity index (χ4n) is 3.38. The highest BCUT2D eigenvalue weighted by Crippen LogP contribution is 2.26. The van der Waals surface area contributed by atoms with Crippen LogP contribution in [-0.2, 0) is 0 Å². The van der Waals surface area contributed by atoms with Gasteiger partial charge < -0.3 is 9.72 Å². The molecule has 1 amide bonds. The molecule has 0 radical (unpaired) electrons. The van der Waals surface area contributed by atoms with E-state index in [0.717, 1.165) is 33.7 Å². The first-order valence-corrected chi connectivity index (χ1v) is 9.92. The number of nitrogens with one attached hydrogen (secondary N) is 1. The van der Waals surface area contributed by atoms with Gasteiger partial charge in [-0.05, 0) is 55.3 Å². The summed E-state index contributed by atoms with van der Waals surface area (Å²) in [7, 11) is 0. The number of fused-ring (bicyclic) bond motifs is 1. The van der Waals surface area contributed by atoms with Crippen LogP contribution in [0.15, 0.2) is 79.3 Å². The predicted octanol–water partition coefficient (Wildman–Crippen LogP) is 4.45. The van der Waals surface area contributed by atoms with Gasteiger partial charge in [0.2, 0.25) is 0 Å². The molecule has 0 unspecified atom stereocenters. The highest BCUT2D eigenvalue weighted by atomic mass is 16.2. The molecule has 0 aliphatic carbocycles. The SMILES string of the molecule is Cc1ccn2cc(-c3ccc(C)c(NC(=O)c4cnn(-c5ccccc5)n4)c3)nc2c1. The van der Waals surface area contributed by atoms with E-state index in [2.05, 4.69) is 15.5 Å². The molecule has 0 aliphatic rings. The van der Waals surface area contributed by atoms with Gasteiger partial charge in [-0.3, -0.25) is 4.79 Å². The summed E-state index contributed by atoms with van der Waals surface area (Å²) < 4.78 is 1.99. The minimum Gasteiger partial charge on any atom is -0.320 e. The zero-order valence-corrected chi connectivity index (χ0v) is 17.1. The third-order valence-electron chi connectivity index (χ3n) is 5.11. The number of carbonyl (C=O) groups is 1. The first kappa shape index (κ1) is 18.7. The molecule has 0 bridgehead atoms. The second-order valence-electron chi connectivity index (χ2n) is 7.43. The van der Waals surface area contributed by atoms with Crippen LogP contribution >= 0.6 is 0 Å². The molecule has 152 valence electrons. The third-order valence-corrected chi connectivity index (χ3v) is 5.11. The maximum Gasteiger partial charge on any atom is 0.277 e. The molecule has 0 saturated heterocycles. The monoisotopic (exact) mass is 408 g/mol. The second-order valence-corrected chi connectivity index (χ2v) is 7.43. The maximum atomic E-state index is 12.8. The van der Waals surface area contributed by atoms with Crippen LogP contribution in [0.1, 0.15) is 21.6 Å². The van der Waals surface area contributed by atoms with E-state index in [-0.39, 0.29) is 11.6 Å². The zero-order valence-electron chi connectivity index (χ0n) is 17.1. The van der Waals surface area contributed by atoms with Crippen molar-refractivity contribution in [3.63, 3.8) is 0 Å². The Morgan fingerprint density at radius 3 is 2.68 bits per heavy atom. The number of hydrogen-bond donors (Lipinski definition) is 1. The smallest absolute Gasteiger partial charge is 0.277 e. The zero-order chi connectivity index (χ0) is 21.4. The largest absolute Gasteiger partial charge is 0.320 e. The van der Waals surface area contributed by atoms with Crippen LogP contribution in [0.4, 0.5) is 5.69 Å². The molecule has 3 aromatic heterocycles. The van der Waals surface area contributed by atoms with Crippen molar-refractivity contribution < 1.29 is 4.79 Å². The molecule has 0 spiro atoms. The van der Waals surface area contributed by atoms with E-state index in [0.29, 0.717) is 5.69 Å². The topological polar surface area (TPSA) is 77.1 Å². The van der Waals surface area contributed by atoms with Gasteiger partial charge >= 0.3 is 0 Å². The van der Waals surface area contributed by atoms with Crippen molar-refractivity contribution in [3.8, 4) is 16.9 Å². The molecular weight excluding hydrogens is 388 g/mol. The lowest BCUT2D eigenvalue weighted by atomic mass is 10.1. The molecule has 2 aromatic carbocycles. The first-order chi connectivity index (χ1) is 15.1. The van der Waals surface area contributed by atoms with E-state index in [1.165, 1.54) is 11.0 Å². The fourth-order valence-corrected chi connectivity index (χ4v) is 3.38. The molecule has 0 saturated carbocycles. The quantitative estimate of drug-likeness (QED) is 0.477. The first-order valence-electron chi connectivity index (χ1n) is 9.92. The third kappa shape index (κ3) is 3.69. The van der Waals surface area contributed by atoms with Crippen LogP contribution in [0, 0.1) is 13.8 Å². The molecule has 3 heterocycles. The standard InChI is InChI=1S/C24H20N6O/c1-16-10-11-29-15-22(26-23(29)12-16)18-9-8-17(2)20(13-18)27-24(31)21-14-25-30(28-21)19-6-4-3-5-7-19/h3-15H,1-2H3,(H,27,31). The molecule has 0 atom stereocenters. The summed E-state index contributed by atoms with van der Waals surface area (Å²) in [4.78, 5) is 18.9. The van der Waals surface area contributed by atoms with Gasteiger partial charge in [0.05, 0.1) is 17.6 Å². The van der Waals surface area contributed by atoms with E-state index < -0.39 is 0 Å². The Hall–Kier alpha value is -4.26. The van der Waals surface area contributed by atoms with Crippen molar-refractivity contribution in [2.75, 3.05) is 5.32 Å². The molecule has 0 fully saturated rings. The highest BCUT2D eigenvalue weighted by molar-refractivity contribution is 6.03. The summed E-state index contributed by atoms with van der Waals surface area (Å²) in [6.45, 7) is 4.00. The fraction of sp³-hybridized carbons (Fsp3) is 0.0833. The van der Waals surface area contributed by atoms with E-state index >= 15 is 0 Å². The Bertz CT molecular complexity index is 1400. The number of carbonyl (C=O) groups excluding carboxylic acids is 1. The maximum absolute atomic E-state index is 12.8. The van der Waals surface area contributed by atoms with E-state index in [9.17, 15) is 4.79 Å². The van der Waals surface area contributed by atoms with Gasteiger partial charge in [0.25, 0.3) is 5.91 Å². The number of imidazole rings is 1. The molecule has 5 aromatic rings. The Kier molecular flexibility index (Phi) is 4.55. The van der Waals surface area contributed by atoms with Crippen molar-refractivity contribution in [1.29, 1.82) is 0 Å². The van der Waals surface area contributed by atoms with Gasteiger partial charge in [-0.1, -0.05) is 30.3 Å². The predicted molar refractivity (Wildman–Crippen MR) is 119 cm³/mol. The van der Waals surface area contributed by atoms with Crippen molar-refractivity contribution in [1.82, 2.24) is 24.4 Å². The number of amides is 1. The Labute approximate surface area is 179 Å². The summed E-state index contributed by atoms with van der Waals surface area (Å²) >= 11 is 0. The Morgan fingerprint density at radius 1 is 1.00 bits per heavy atom. The summed E-state index contributed by atoms with van der Waals surface area (Å²) in [5.74, 6) is -0.312. The van der Waals surface area contributed by atoms with Gasteiger partial charge in [-0.15, -0.1) is 5.10 Å². The lowest BCUT2D eigenvalue weighted by Gasteiger charge is -2.09. The molecule has 31 heavy (non-hydrogen) atoms. The normalized spacial score (nSPS) is 11.0. The highest BCUT2D eigenvalue weighted by Gasteiger charge is 2.14. The molecule has 7 nitrogen and oxygen atoms in total. The average molecular weight is 408 g/mol. The number of hydrogen-bond acceptors (Lipinski definition) is 4.